The Kier molecular flexibility index (Phi) is 4.49. The zero-order valence-corrected chi connectivity index (χ0v) is 10.6. The molecule has 1 aromatic carbocycles. The summed E-state index contributed by atoms with van der Waals surface area (Å²) in [7, 11) is -1.86. The SMILES string of the molecule is CNCc1ccccc1NS(=O)(=O)C(C)C#N. The van der Waals surface area contributed by atoms with Crippen LogP contribution in [0.25, 0.3) is 0 Å². The van der Waals surface area contributed by atoms with Crippen molar-refractivity contribution in [1.29, 1.82) is 5.26 Å². The Morgan fingerprint density at radius 3 is 2.65 bits per heavy atom. The van der Waals surface area contributed by atoms with Gasteiger partial charge in [0.2, 0.25) is 10.0 Å². The zero-order valence-electron chi connectivity index (χ0n) is 9.77. The lowest BCUT2D eigenvalue weighted by Crippen LogP contribution is -2.24. The molecule has 6 heteroatoms. The number of para-hydroxylation sites is 1. The number of benzene rings is 1. The third-order valence-electron chi connectivity index (χ3n) is 2.28. The van der Waals surface area contributed by atoms with E-state index in [-0.39, 0.29) is 0 Å². The molecule has 0 saturated carbocycles. The summed E-state index contributed by atoms with van der Waals surface area (Å²) in [6.07, 6.45) is 0. The summed E-state index contributed by atoms with van der Waals surface area (Å²) in [5.41, 5.74) is 1.34. The summed E-state index contributed by atoms with van der Waals surface area (Å²) >= 11 is 0. The van der Waals surface area contributed by atoms with E-state index in [1.807, 2.05) is 12.1 Å². The Bertz CT molecular complexity index is 520. The Labute approximate surface area is 102 Å². The summed E-state index contributed by atoms with van der Waals surface area (Å²) in [5.74, 6) is 0. The third kappa shape index (κ3) is 3.44. The highest BCUT2D eigenvalue weighted by molar-refractivity contribution is 7.93. The molecule has 1 atom stereocenters. The minimum atomic E-state index is -3.64. The molecule has 0 aliphatic carbocycles. The van der Waals surface area contributed by atoms with Gasteiger partial charge in [-0.25, -0.2) is 8.42 Å². The number of hydrogen-bond donors (Lipinski definition) is 2. The molecule has 0 heterocycles. The van der Waals surface area contributed by atoms with E-state index in [4.69, 9.17) is 5.26 Å². The van der Waals surface area contributed by atoms with Crippen molar-refractivity contribution in [2.45, 2.75) is 18.7 Å². The van der Waals surface area contributed by atoms with Crippen molar-refractivity contribution in [2.75, 3.05) is 11.8 Å². The molecule has 2 N–H and O–H groups in total. The van der Waals surface area contributed by atoms with Gasteiger partial charge in [-0.2, -0.15) is 5.26 Å². The summed E-state index contributed by atoms with van der Waals surface area (Å²) in [4.78, 5) is 0. The molecule has 92 valence electrons. The van der Waals surface area contributed by atoms with Gasteiger partial charge in [0, 0.05) is 6.54 Å². The molecule has 1 unspecified atom stereocenters. The number of nitrogens with one attached hydrogen (secondary N) is 2. The van der Waals surface area contributed by atoms with Gasteiger partial charge in [-0.15, -0.1) is 0 Å². The number of nitriles is 1. The molecule has 0 aromatic heterocycles. The standard InChI is InChI=1S/C11H15N3O2S/c1-9(7-12)17(15,16)14-11-6-4-3-5-10(11)8-13-2/h3-6,9,13-14H,8H2,1-2H3. The minimum Gasteiger partial charge on any atom is -0.316 e. The van der Waals surface area contributed by atoms with E-state index in [1.54, 1.807) is 25.2 Å². The van der Waals surface area contributed by atoms with Crippen molar-refractivity contribution < 1.29 is 8.42 Å². The monoisotopic (exact) mass is 253 g/mol. The lowest BCUT2D eigenvalue weighted by atomic mass is 10.2. The molecule has 0 spiro atoms. The highest BCUT2D eigenvalue weighted by Crippen LogP contribution is 2.17. The second-order valence-electron chi connectivity index (χ2n) is 3.61. The molecule has 0 amide bonds. The molecule has 0 fully saturated rings. The lowest BCUT2D eigenvalue weighted by Gasteiger charge is -2.13. The smallest absolute Gasteiger partial charge is 0.248 e. The van der Waals surface area contributed by atoms with Crippen molar-refractivity contribution in [1.82, 2.24) is 5.32 Å². The molecule has 0 aliphatic heterocycles. The van der Waals surface area contributed by atoms with E-state index >= 15 is 0 Å². The average Bonchev–Trinajstić information content (AvgIpc) is 2.30. The second kappa shape index (κ2) is 5.66. The van der Waals surface area contributed by atoms with Crippen molar-refractivity contribution in [3.05, 3.63) is 29.8 Å². The number of sulfonamides is 1. The van der Waals surface area contributed by atoms with Gasteiger partial charge in [-0.05, 0) is 25.6 Å². The van der Waals surface area contributed by atoms with E-state index in [1.165, 1.54) is 6.92 Å². The van der Waals surface area contributed by atoms with Crippen molar-refractivity contribution in [3.63, 3.8) is 0 Å². The van der Waals surface area contributed by atoms with Crippen LogP contribution >= 0.6 is 0 Å². The third-order valence-corrected chi connectivity index (χ3v) is 3.82. The van der Waals surface area contributed by atoms with Crippen LogP contribution < -0.4 is 10.0 Å². The van der Waals surface area contributed by atoms with Crippen LogP contribution in [0.4, 0.5) is 5.69 Å². The lowest BCUT2D eigenvalue weighted by molar-refractivity contribution is 0.597. The van der Waals surface area contributed by atoms with Gasteiger partial charge in [0.25, 0.3) is 0 Å². The Morgan fingerprint density at radius 1 is 1.41 bits per heavy atom. The van der Waals surface area contributed by atoms with Crippen LogP contribution in [-0.4, -0.2) is 20.7 Å². The largest absolute Gasteiger partial charge is 0.316 e. The molecular weight excluding hydrogens is 238 g/mol. The van der Waals surface area contributed by atoms with Gasteiger partial charge >= 0.3 is 0 Å². The van der Waals surface area contributed by atoms with Crippen molar-refractivity contribution in [2.24, 2.45) is 0 Å². The molecule has 0 aliphatic rings. The van der Waals surface area contributed by atoms with E-state index in [2.05, 4.69) is 10.0 Å². The molecule has 0 bridgehead atoms. The minimum absolute atomic E-state index is 0.504. The van der Waals surface area contributed by atoms with Crippen LogP contribution in [0, 0.1) is 11.3 Å². The zero-order chi connectivity index (χ0) is 12.9. The first-order valence-electron chi connectivity index (χ1n) is 5.15. The maximum absolute atomic E-state index is 11.7. The number of nitrogens with zero attached hydrogens (tertiary/aromatic N) is 1. The Morgan fingerprint density at radius 2 is 2.06 bits per heavy atom. The van der Waals surface area contributed by atoms with Crippen molar-refractivity contribution in [3.8, 4) is 6.07 Å². The van der Waals surface area contributed by atoms with Gasteiger partial charge < -0.3 is 5.32 Å². The van der Waals surface area contributed by atoms with E-state index < -0.39 is 15.3 Å². The van der Waals surface area contributed by atoms with Gasteiger partial charge in [0.15, 0.2) is 5.25 Å². The Balaban J connectivity index is 3.00. The molecule has 0 saturated heterocycles. The van der Waals surface area contributed by atoms with Crippen LogP contribution in [0.1, 0.15) is 12.5 Å². The molecule has 17 heavy (non-hydrogen) atoms. The maximum atomic E-state index is 11.7. The van der Waals surface area contributed by atoms with E-state index in [9.17, 15) is 8.42 Å². The second-order valence-corrected chi connectivity index (χ2v) is 5.61. The number of rotatable bonds is 5. The summed E-state index contributed by atoms with van der Waals surface area (Å²) < 4.78 is 25.9. The number of anilines is 1. The molecule has 0 radical (unpaired) electrons. The quantitative estimate of drug-likeness (QED) is 0.822. The van der Waals surface area contributed by atoms with Gasteiger partial charge in [-0.1, -0.05) is 18.2 Å². The summed E-state index contributed by atoms with van der Waals surface area (Å²) in [5, 5.41) is 10.5. The summed E-state index contributed by atoms with van der Waals surface area (Å²) in [6, 6.07) is 8.79. The fourth-order valence-electron chi connectivity index (χ4n) is 1.28. The summed E-state index contributed by atoms with van der Waals surface area (Å²) in [6.45, 7) is 1.91. The van der Waals surface area contributed by atoms with Gasteiger partial charge in [0.1, 0.15) is 0 Å². The molecule has 1 rings (SSSR count). The number of hydrogen-bond acceptors (Lipinski definition) is 4. The predicted molar refractivity (Wildman–Crippen MR) is 66.8 cm³/mol. The van der Waals surface area contributed by atoms with Crippen molar-refractivity contribution >= 4 is 15.7 Å². The average molecular weight is 253 g/mol. The normalized spacial score (nSPS) is 12.8. The van der Waals surface area contributed by atoms with Crippen LogP contribution in [-0.2, 0) is 16.6 Å². The van der Waals surface area contributed by atoms with E-state index in [0.717, 1.165) is 5.56 Å². The van der Waals surface area contributed by atoms with Crippen LogP contribution in [0.3, 0.4) is 0 Å². The topological polar surface area (TPSA) is 82.0 Å². The highest BCUT2D eigenvalue weighted by atomic mass is 32.2. The van der Waals surface area contributed by atoms with Crippen LogP contribution in [0.5, 0.6) is 0 Å². The van der Waals surface area contributed by atoms with Gasteiger partial charge in [0.05, 0.1) is 11.8 Å². The Hall–Kier alpha value is -1.58. The first-order chi connectivity index (χ1) is 8.01. The van der Waals surface area contributed by atoms with Crippen LogP contribution in [0.2, 0.25) is 0 Å². The molecule has 5 nitrogen and oxygen atoms in total. The predicted octanol–water partition coefficient (Wildman–Crippen LogP) is 1.06. The fourth-order valence-corrected chi connectivity index (χ4v) is 2.10. The van der Waals surface area contributed by atoms with Gasteiger partial charge in [-0.3, -0.25) is 4.72 Å². The highest BCUT2D eigenvalue weighted by Gasteiger charge is 2.20. The van der Waals surface area contributed by atoms with Crippen LogP contribution in [0.15, 0.2) is 24.3 Å². The molecule has 1 aromatic rings. The fraction of sp³-hybridized carbons (Fsp3) is 0.364. The van der Waals surface area contributed by atoms with E-state index in [0.29, 0.717) is 12.2 Å². The molecular formula is C11H15N3O2S. The first-order valence-corrected chi connectivity index (χ1v) is 6.69. The first kappa shape index (κ1) is 13.5. The maximum Gasteiger partial charge on any atom is 0.248 e.